The fourth-order valence-electron chi connectivity index (χ4n) is 2.52. The maximum Gasteiger partial charge on any atom is 0.307 e. The van der Waals surface area contributed by atoms with Crippen LogP contribution in [-0.2, 0) is 0 Å². The number of hydrogen-bond acceptors (Lipinski definition) is 6. The van der Waals surface area contributed by atoms with E-state index in [1.165, 1.54) is 0 Å². The molecule has 0 aliphatic heterocycles. The molecule has 28 heavy (non-hydrogen) atoms. The molecule has 2 heterocycles. The molecule has 7 nitrogen and oxygen atoms in total. The Hall–Kier alpha value is -1.18. The van der Waals surface area contributed by atoms with Crippen LogP contribution in [-0.4, -0.2) is 52.4 Å². The van der Waals surface area contributed by atoms with Gasteiger partial charge in [0.05, 0.1) is 0 Å². The van der Waals surface area contributed by atoms with Gasteiger partial charge in [0.1, 0.15) is 0 Å². The minimum Gasteiger partial charge on any atom is -0.530 e. The summed E-state index contributed by atoms with van der Waals surface area (Å²) in [7, 11) is -7.51. The summed E-state index contributed by atoms with van der Waals surface area (Å²) in [5.41, 5.74) is 1.42. The highest BCUT2D eigenvalue weighted by molar-refractivity contribution is 6.76. The van der Waals surface area contributed by atoms with E-state index in [0.717, 1.165) is 5.65 Å². The third-order valence-electron chi connectivity index (χ3n) is 3.29. The minimum atomic E-state index is -1.90. The van der Waals surface area contributed by atoms with Gasteiger partial charge in [-0.1, -0.05) is 19.6 Å². The van der Waals surface area contributed by atoms with E-state index in [0.29, 0.717) is 23.4 Å². The Morgan fingerprint density at radius 1 is 0.607 bits per heavy atom. The Labute approximate surface area is 173 Å². The molecule has 0 fully saturated rings. The van der Waals surface area contributed by atoms with Crippen LogP contribution in [0.2, 0.25) is 78.6 Å². The van der Waals surface area contributed by atoms with Crippen molar-refractivity contribution >= 4 is 44.4 Å². The standard InChI is InChI=1S/C17H36N4O3Si4/c1-25(2,3)21-14-13(18-17(21)24-28(10,11)12)15(22-26(4,5)6)20-16(19-14)23-27(7,8)9/h1-12H3. The fraction of sp³-hybridized carbons (Fsp3) is 0.706. The maximum atomic E-state index is 6.35. The van der Waals surface area contributed by atoms with Gasteiger partial charge in [-0.15, -0.1) is 0 Å². The van der Waals surface area contributed by atoms with Crippen LogP contribution < -0.4 is 13.3 Å². The Morgan fingerprint density at radius 2 is 1.11 bits per heavy atom. The van der Waals surface area contributed by atoms with Crippen molar-refractivity contribution in [2.45, 2.75) is 78.6 Å². The molecule has 0 unspecified atom stereocenters. The van der Waals surface area contributed by atoms with Crippen molar-refractivity contribution < 1.29 is 13.3 Å². The first-order chi connectivity index (χ1) is 12.4. The highest BCUT2D eigenvalue weighted by Gasteiger charge is 2.33. The number of hydrogen-bond donors (Lipinski definition) is 0. The minimum absolute atomic E-state index is 0.374. The lowest BCUT2D eigenvalue weighted by atomic mass is 10.5. The molecule has 2 rings (SSSR count). The van der Waals surface area contributed by atoms with Crippen LogP contribution in [0.3, 0.4) is 0 Å². The first kappa shape index (κ1) is 23.1. The fourth-order valence-corrected chi connectivity index (χ4v) is 6.12. The van der Waals surface area contributed by atoms with E-state index in [2.05, 4.69) is 87.8 Å². The molecule has 2 aromatic rings. The zero-order chi connectivity index (χ0) is 21.7. The molecule has 0 bridgehead atoms. The molecular weight excluding hydrogens is 421 g/mol. The molecule has 0 spiro atoms. The lowest BCUT2D eigenvalue weighted by molar-refractivity contribution is 0.481. The van der Waals surface area contributed by atoms with E-state index in [4.69, 9.17) is 23.2 Å². The molecule has 0 aliphatic carbocycles. The van der Waals surface area contributed by atoms with E-state index in [9.17, 15) is 0 Å². The summed E-state index contributed by atoms with van der Waals surface area (Å²) < 4.78 is 21.0. The van der Waals surface area contributed by atoms with Gasteiger partial charge in [0.15, 0.2) is 19.4 Å². The second-order valence-corrected chi connectivity index (χ2v) is 29.1. The van der Waals surface area contributed by atoms with Gasteiger partial charge in [-0.2, -0.15) is 15.0 Å². The molecule has 0 saturated heterocycles. The van der Waals surface area contributed by atoms with E-state index < -0.39 is 33.2 Å². The molecule has 0 amide bonds. The van der Waals surface area contributed by atoms with Gasteiger partial charge in [0.25, 0.3) is 6.01 Å². The first-order valence-electron chi connectivity index (χ1n) is 9.74. The van der Waals surface area contributed by atoms with Crippen molar-refractivity contribution in [2.24, 2.45) is 0 Å². The van der Waals surface area contributed by atoms with Crippen LogP contribution >= 0.6 is 0 Å². The van der Waals surface area contributed by atoms with E-state index >= 15 is 0 Å². The Kier molecular flexibility index (Phi) is 5.99. The topological polar surface area (TPSA) is 71.3 Å². The van der Waals surface area contributed by atoms with Crippen molar-refractivity contribution in [1.82, 2.24) is 19.2 Å². The third kappa shape index (κ3) is 6.16. The molecular formula is C17H36N4O3Si4. The average molecular weight is 457 g/mol. The quantitative estimate of drug-likeness (QED) is 0.536. The molecule has 11 heteroatoms. The van der Waals surface area contributed by atoms with Gasteiger partial charge < -0.3 is 17.5 Å². The van der Waals surface area contributed by atoms with Gasteiger partial charge in [-0.05, 0) is 58.9 Å². The van der Waals surface area contributed by atoms with Crippen LogP contribution in [0.1, 0.15) is 0 Å². The lowest BCUT2D eigenvalue weighted by Crippen LogP contribution is -2.37. The molecule has 0 aromatic carbocycles. The van der Waals surface area contributed by atoms with Gasteiger partial charge in [0.2, 0.25) is 30.8 Å². The molecule has 0 saturated carbocycles. The molecule has 0 N–H and O–H groups in total. The van der Waals surface area contributed by atoms with Crippen LogP contribution in [0, 0.1) is 0 Å². The van der Waals surface area contributed by atoms with Crippen LogP contribution in [0.25, 0.3) is 11.2 Å². The Morgan fingerprint density at radius 3 is 1.54 bits per heavy atom. The normalized spacial score (nSPS) is 13.7. The number of aromatic nitrogens is 4. The van der Waals surface area contributed by atoms with Gasteiger partial charge >= 0.3 is 6.01 Å². The summed E-state index contributed by atoms with van der Waals surface area (Å²) in [6.45, 7) is 26.0. The average Bonchev–Trinajstić information content (AvgIpc) is 2.70. The smallest absolute Gasteiger partial charge is 0.307 e. The summed E-state index contributed by atoms with van der Waals surface area (Å²) in [5, 5.41) is 0. The van der Waals surface area contributed by atoms with Crippen molar-refractivity contribution in [3.05, 3.63) is 0 Å². The van der Waals surface area contributed by atoms with Gasteiger partial charge in [0, 0.05) is 0 Å². The molecule has 158 valence electrons. The molecule has 2 aromatic heterocycles. The SMILES string of the molecule is C[Si](C)(C)Oc1nc(O[Si](C)(C)C)c2nc(O[Si](C)(C)C)n([Si](C)(C)C)c2n1. The van der Waals surface area contributed by atoms with Gasteiger partial charge in [-0.3, -0.25) is 0 Å². The zero-order valence-electron chi connectivity index (χ0n) is 19.5. The molecule has 0 aliphatic rings. The molecule has 0 atom stereocenters. The summed E-state index contributed by atoms with van der Waals surface area (Å²) in [6.07, 6.45) is 0. The first-order valence-corrected chi connectivity index (χ1v) is 23.4. The second kappa shape index (κ2) is 7.25. The van der Waals surface area contributed by atoms with E-state index in [1.54, 1.807) is 0 Å². The lowest BCUT2D eigenvalue weighted by Gasteiger charge is -2.25. The summed E-state index contributed by atoms with van der Waals surface area (Å²) in [5.74, 6) is 0.509. The number of rotatable bonds is 7. The monoisotopic (exact) mass is 456 g/mol. The molecule has 0 radical (unpaired) electrons. The van der Waals surface area contributed by atoms with Crippen LogP contribution in [0.5, 0.6) is 17.9 Å². The number of nitrogens with zero attached hydrogens (tertiary/aromatic N) is 4. The van der Waals surface area contributed by atoms with Crippen molar-refractivity contribution in [3.8, 4) is 17.9 Å². The highest BCUT2D eigenvalue weighted by Crippen LogP contribution is 2.33. The summed E-state index contributed by atoms with van der Waals surface area (Å²) in [4.78, 5) is 14.2. The maximum absolute atomic E-state index is 6.35. The zero-order valence-corrected chi connectivity index (χ0v) is 23.5. The van der Waals surface area contributed by atoms with Crippen LogP contribution in [0.4, 0.5) is 0 Å². The Bertz CT molecular complexity index is 859. The largest absolute Gasteiger partial charge is 0.530 e. The van der Waals surface area contributed by atoms with Crippen molar-refractivity contribution in [2.75, 3.05) is 0 Å². The van der Waals surface area contributed by atoms with Crippen molar-refractivity contribution in [3.63, 3.8) is 0 Å². The van der Waals surface area contributed by atoms with Gasteiger partial charge in [-0.25, -0.2) is 0 Å². The Balaban J connectivity index is 2.82. The van der Waals surface area contributed by atoms with E-state index in [-0.39, 0.29) is 0 Å². The van der Waals surface area contributed by atoms with Crippen LogP contribution in [0.15, 0.2) is 0 Å². The van der Waals surface area contributed by atoms with E-state index in [1.807, 2.05) is 0 Å². The number of fused-ring (bicyclic) bond motifs is 1. The van der Waals surface area contributed by atoms with Crippen molar-refractivity contribution in [1.29, 1.82) is 0 Å². The second-order valence-electron chi connectivity index (χ2n) is 11.0. The predicted molar refractivity (Wildman–Crippen MR) is 126 cm³/mol. The summed E-state index contributed by atoms with van der Waals surface area (Å²) >= 11 is 0. The summed E-state index contributed by atoms with van der Waals surface area (Å²) in [6, 6.07) is 1.01. The number of imidazole rings is 1. The highest BCUT2D eigenvalue weighted by atomic mass is 28.4. The third-order valence-corrected chi connectivity index (χ3v) is 7.43. The predicted octanol–water partition coefficient (Wildman–Crippen LogP) is 5.15.